The third-order valence-electron chi connectivity index (χ3n) is 3.76. The van der Waals surface area contributed by atoms with Crippen LogP contribution in [0, 0.1) is 0 Å². The van der Waals surface area contributed by atoms with Crippen molar-refractivity contribution in [3.05, 3.63) is 114 Å². The molecule has 0 bridgehead atoms. The standard InChI is InChI=1S/C22H21O3P/c23-26(17-16-20-10-4-1-5-11-20,24-18-21-12-6-2-7-13-21)25-19-22-14-8-3-9-15-22/h1-17H,18-19H2/b17-16+. The van der Waals surface area contributed by atoms with E-state index in [2.05, 4.69) is 0 Å². The maximum absolute atomic E-state index is 13.2. The molecular weight excluding hydrogens is 343 g/mol. The van der Waals surface area contributed by atoms with Crippen LogP contribution in [0.4, 0.5) is 0 Å². The molecule has 0 amide bonds. The highest BCUT2D eigenvalue weighted by Crippen LogP contribution is 2.51. The molecule has 0 radical (unpaired) electrons. The van der Waals surface area contributed by atoms with Crippen LogP contribution in [0.3, 0.4) is 0 Å². The molecule has 0 aliphatic heterocycles. The summed E-state index contributed by atoms with van der Waals surface area (Å²) in [6, 6.07) is 29.0. The zero-order valence-corrected chi connectivity index (χ0v) is 15.3. The van der Waals surface area contributed by atoms with Gasteiger partial charge in [-0.25, -0.2) is 0 Å². The summed E-state index contributed by atoms with van der Waals surface area (Å²) in [6.07, 6.45) is 1.77. The zero-order chi connectivity index (χ0) is 18.1. The van der Waals surface area contributed by atoms with Gasteiger partial charge in [-0.15, -0.1) is 0 Å². The van der Waals surface area contributed by atoms with Gasteiger partial charge in [0.15, 0.2) is 0 Å². The predicted molar refractivity (Wildman–Crippen MR) is 106 cm³/mol. The van der Waals surface area contributed by atoms with Crippen LogP contribution in [0.5, 0.6) is 0 Å². The topological polar surface area (TPSA) is 35.5 Å². The molecule has 4 heteroatoms. The SMILES string of the molecule is O=P(/C=C/c1ccccc1)(OCc1ccccc1)OCc1ccccc1. The molecule has 3 nitrogen and oxygen atoms in total. The van der Waals surface area contributed by atoms with Gasteiger partial charge in [0.2, 0.25) is 0 Å². The first-order valence-corrected chi connectivity index (χ1v) is 10.1. The van der Waals surface area contributed by atoms with E-state index in [9.17, 15) is 4.57 Å². The van der Waals surface area contributed by atoms with E-state index in [1.54, 1.807) is 6.08 Å². The van der Waals surface area contributed by atoms with Crippen LogP contribution in [0.2, 0.25) is 0 Å². The van der Waals surface area contributed by atoms with E-state index in [1.807, 2.05) is 91.0 Å². The van der Waals surface area contributed by atoms with E-state index in [4.69, 9.17) is 9.05 Å². The first-order chi connectivity index (χ1) is 12.7. The molecule has 0 heterocycles. The average Bonchev–Trinajstić information content (AvgIpc) is 2.72. The highest BCUT2D eigenvalue weighted by atomic mass is 31.2. The molecule has 26 heavy (non-hydrogen) atoms. The Balaban J connectivity index is 1.73. The molecule has 0 spiro atoms. The summed E-state index contributed by atoms with van der Waals surface area (Å²) in [5.74, 6) is 1.54. The van der Waals surface area contributed by atoms with Crippen molar-refractivity contribution in [2.24, 2.45) is 0 Å². The molecule has 0 saturated carbocycles. The maximum atomic E-state index is 13.2. The number of hydrogen-bond acceptors (Lipinski definition) is 3. The molecule has 0 aliphatic rings. The molecule has 0 aromatic heterocycles. The van der Waals surface area contributed by atoms with Crippen molar-refractivity contribution in [1.82, 2.24) is 0 Å². The predicted octanol–water partition coefficient (Wildman–Crippen LogP) is 6.28. The third kappa shape index (κ3) is 5.82. The number of rotatable bonds is 8. The Morgan fingerprint density at radius 3 is 1.54 bits per heavy atom. The first kappa shape index (κ1) is 18.3. The van der Waals surface area contributed by atoms with E-state index in [-0.39, 0.29) is 13.2 Å². The Morgan fingerprint density at radius 2 is 1.08 bits per heavy atom. The van der Waals surface area contributed by atoms with E-state index >= 15 is 0 Å². The van der Waals surface area contributed by atoms with E-state index in [0.717, 1.165) is 16.7 Å². The van der Waals surface area contributed by atoms with Gasteiger partial charge in [-0.05, 0) is 22.8 Å². The lowest BCUT2D eigenvalue weighted by Crippen LogP contribution is -1.96. The summed E-state index contributed by atoms with van der Waals surface area (Å²) in [7, 11) is -3.40. The van der Waals surface area contributed by atoms with Gasteiger partial charge in [-0.1, -0.05) is 91.0 Å². The van der Waals surface area contributed by atoms with Gasteiger partial charge in [0.05, 0.1) is 13.2 Å². The van der Waals surface area contributed by atoms with Crippen molar-refractivity contribution < 1.29 is 13.6 Å². The average molecular weight is 364 g/mol. The highest BCUT2D eigenvalue weighted by Gasteiger charge is 2.21. The Kier molecular flexibility index (Phi) is 6.56. The second-order valence-electron chi connectivity index (χ2n) is 5.78. The van der Waals surface area contributed by atoms with Gasteiger partial charge >= 0.3 is 7.60 Å². The van der Waals surface area contributed by atoms with Gasteiger partial charge in [-0.2, -0.15) is 0 Å². The van der Waals surface area contributed by atoms with Crippen LogP contribution < -0.4 is 0 Å². The lowest BCUT2D eigenvalue weighted by Gasteiger charge is -2.15. The molecule has 0 atom stereocenters. The Bertz CT molecular complexity index is 814. The van der Waals surface area contributed by atoms with Crippen molar-refractivity contribution in [2.75, 3.05) is 0 Å². The van der Waals surface area contributed by atoms with Gasteiger partial charge in [0.1, 0.15) is 0 Å². The fourth-order valence-corrected chi connectivity index (χ4v) is 3.60. The van der Waals surface area contributed by atoms with Crippen LogP contribution in [-0.2, 0) is 26.8 Å². The monoisotopic (exact) mass is 364 g/mol. The second kappa shape index (κ2) is 9.30. The molecule has 0 aliphatic carbocycles. The van der Waals surface area contributed by atoms with E-state index in [1.165, 1.54) is 5.82 Å². The van der Waals surface area contributed by atoms with Crippen LogP contribution in [0.25, 0.3) is 6.08 Å². The van der Waals surface area contributed by atoms with Gasteiger partial charge in [0, 0.05) is 5.82 Å². The van der Waals surface area contributed by atoms with E-state index < -0.39 is 7.60 Å². The Labute approximate surface area is 154 Å². The minimum Gasteiger partial charge on any atom is -0.301 e. The van der Waals surface area contributed by atoms with Gasteiger partial charge in [-0.3, -0.25) is 4.57 Å². The molecule has 0 unspecified atom stereocenters. The lowest BCUT2D eigenvalue weighted by molar-refractivity contribution is 0.199. The summed E-state index contributed by atoms with van der Waals surface area (Å²) in [5.41, 5.74) is 2.84. The molecule has 3 rings (SSSR count). The van der Waals surface area contributed by atoms with Crippen molar-refractivity contribution >= 4 is 13.7 Å². The molecule has 0 saturated heterocycles. The third-order valence-corrected chi connectivity index (χ3v) is 5.25. The molecule has 132 valence electrons. The highest BCUT2D eigenvalue weighted by molar-refractivity contribution is 7.57. The van der Waals surface area contributed by atoms with Gasteiger partial charge < -0.3 is 9.05 Å². The van der Waals surface area contributed by atoms with Crippen molar-refractivity contribution in [1.29, 1.82) is 0 Å². The summed E-state index contributed by atoms with van der Waals surface area (Å²) >= 11 is 0. The lowest BCUT2D eigenvalue weighted by atomic mass is 10.2. The maximum Gasteiger partial charge on any atom is 0.354 e. The fraction of sp³-hybridized carbons (Fsp3) is 0.0909. The minimum absolute atomic E-state index is 0.228. The minimum atomic E-state index is -3.40. The second-order valence-corrected chi connectivity index (χ2v) is 7.68. The van der Waals surface area contributed by atoms with Crippen LogP contribution >= 0.6 is 7.60 Å². The first-order valence-electron chi connectivity index (χ1n) is 8.44. The largest absolute Gasteiger partial charge is 0.354 e. The quantitative estimate of drug-likeness (QED) is 0.441. The summed E-state index contributed by atoms with van der Waals surface area (Å²) in [6.45, 7) is 0.456. The smallest absolute Gasteiger partial charge is 0.301 e. The fourth-order valence-electron chi connectivity index (χ4n) is 2.34. The van der Waals surface area contributed by atoms with Crippen molar-refractivity contribution in [2.45, 2.75) is 13.2 Å². The molecule has 0 fully saturated rings. The molecule has 0 N–H and O–H groups in total. The molecule has 3 aromatic carbocycles. The van der Waals surface area contributed by atoms with Crippen molar-refractivity contribution in [3.8, 4) is 0 Å². The Hall–Kier alpha value is -2.45. The van der Waals surface area contributed by atoms with Crippen LogP contribution in [0.15, 0.2) is 96.8 Å². The van der Waals surface area contributed by atoms with Crippen molar-refractivity contribution in [3.63, 3.8) is 0 Å². The number of benzene rings is 3. The van der Waals surface area contributed by atoms with E-state index in [0.29, 0.717) is 0 Å². The molecular formula is C22H21O3P. The molecule has 3 aromatic rings. The Morgan fingerprint density at radius 1 is 0.654 bits per heavy atom. The zero-order valence-electron chi connectivity index (χ0n) is 14.4. The van der Waals surface area contributed by atoms with Crippen LogP contribution in [-0.4, -0.2) is 0 Å². The summed E-state index contributed by atoms with van der Waals surface area (Å²) in [5, 5.41) is 0. The summed E-state index contributed by atoms with van der Waals surface area (Å²) < 4.78 is 24.6. The van der Waals surface area contributed by atoms with Gasteiger partial charge in [0.25, 0.3) is 0 Å². The number of hydrogen-bond donors (Lipinski definition) is 0. The normalized spacial score (nSPS) is 11.7. The van der Waals surface area contributed by atoms with Crippen LogP contribution in [0.1, 0.15) is 16.7 Å². The summed E-state index contributed by atoms with van der Waals surface area (Å²) in [4.78, 5) is 0.